The smallest absolute Gasteiger partial charge is 0.138 e. The predicted molar refractivity (Wildman–Crippen MR) is 79.1 cm³/mol. The molecule has 0 atom stereocenters. The van der Waals surface area contributed by atoms with Crippen LogP contribution in [0.25, 0.3) is 22.3 Å². The average Bonchev–Trinajstić information content (AvgIpc) is 2.84. The largest absolute Gasteiger partial charge is 0.456 e. The van der Waals surface area contributed by atoms with Crippen molar-refractivity contribution in [3.63, 3.8) is 0 Å². The van der Waals surface area contributed by atoms with E-state index >= 15 is 0 Å². The van der Waals surface area contributed by atoms with E-state index in [1.165, 1.54) is 6.07 Å². The average molecular weight is 269 g/mol. The van der Waals surface area contributed by atoms with Crippen LogP contribution in [0, 0.1) is 12.7 Å². The summed E-state index contributed by atoms with van der Waals surface area (Å²) in [6, 6.07) is 12.9. The highest BCUT2D eigenvalue weighted by Crippen LogP contribution is 2.30. The minimum atomic E-state index is -0.263. The fourth-order valence-electron chi connectivity index (χ4n) is 2.37. The van der Waals surface area contributed by atoms with Crippen molar-refractivity contribution >= 4 is 11.0 Å². The zero-order valence-electron chi connectivity index (χ0n) is 11.5. The number of furan rings is 1. The molecule has 3 aromatic rings. The second-order valence-electron chi connectivity index (χ2n) is 5.00. The van der Waals surface area contributed by atoms with Crippen LogP contribution in [-0.4, -0.2) is 7.05 Å². The van der Waals surface area contributed by atoms with Crippen molar-refractivity contribution in [1.82, 2.24) is 5.32 Å². The monoisotopic (exact) mass is 269 g/mol. The third kappa shape index (κ3) is 2.32. The first-order valence-corrected chi connectivity index (χ1v) is 6.61. The maximum absolute atomic E-state index is 14.0. The molecule has 2 nitrogen and oxygen atoms in total. The number of rotatable bonds is 3. The molecule has 0 bridgehead atoms. The standard InChI is InChI=1S/C17H16FNO/c1-11-3-6-16-13(7-11)9-17(20-16)14-8-12(10-19-2)4-5-15(14)18/h3-9,19H,10H2,1-2H3. The zero-order chi connectivity index (χ0) is 14.1. The number of benzene rings is 2. The molecular formula is C17H16FNO. The van der Waals surface area contributed by atoms with E-state index in [2.05, 4.69) is 5.32 Å². The Balaban J connectivity index is 2.12. The number of fused-ring (bicyclic) bond motifs is 1. The van der Waals surface area contributed by atoms with Gasteiger partial charge in [0.25, 0.3) is 0 Å². The number of aryl methyl sites for hydroxylation is 1. The van der Waals surface area contributed by atoms with Gasteiger partial charge in [0, 0.05) is 11.9 Å². The Morgan fingerprint density at radius 1 is 1.10 bits per heavy atom. The van der Waals surface area contributed by atoms with E-state index in [1.54, 1.807) is 6.07 Å². The van der Waals surface area contributed by atoms with Gasteiger partial charge in [-0.3, -0.25) is 0 Å². The Kier molecular flexibility index (Phi) is 3.28. The Morgan fingerprint density at radius 2 is 1.95 bits per heavy atom. The molecule has 3 heteroatoms. The quantitative estimate of drug-likeness (QED) is 0.768. The third-order valence-corrected chi connectivity index (χ3v) is 3.35. The number of hydrogen-bond donors (Lipinski definition) is 1. The Labute approximate surface area is 117 Å². The Morgan fingerprint density at radius 3 is 2.75 bits per heavy atom. The summed E-state index contributed by atoms with van der Waals surface area (Å²) < 4.78 is 19.8. The van der Waals surface area contributed by atoms with Gasteiger partial charge in [-0.05, 0) is 49.9 Å². The van der Waals surface area contributed by atoms with Gasteiger partial charge in [0.1, 0.15) is 17.2 Å². The van der Waals surface area contributed by atoms with Crippen LogP contribution in [0.4, 0.5) is 4.39 Å². The predicted octanol–water partition coefficient (Wildman–Crippen LogP) is 4.27. The summed E-state index contributed by atoms with van der Waals surface area (Å²) in [7, 11) is 1.87. The van der Waals surface area contributed by atoms with Crippen molar-refractivity contribution in [3.05, 3.63) is 59.4 Å². The molecule has 102 valence electrons. The summed E-state index contributed by atoms with van der Waals surface area (Å²) in [5.41, 5.74) is 3.48. The summed E-state index contributed by atoms with van der Waals surface area (Å²) in [4.78, 5) is 0. The highest BCUT2D eigenvalue weighted by atomic mass is 19.1. The van der Waals surface area contributed by atoms with Crippen molar-refractivity contribution < 1.29 is 8.81 Å². The van der Waals surface area contributed by atoms with Crippen LogP contribution in [0.2, 0.25) is 0 Å². The van der Waals surface area contributed by atoms with Gasteiger partial charge < -0.3 is 9.73 Å². The zero-order valence-corrected chi connectivity index (χ0v) is 11.5. The summed E-state index contributed by atoms with van der Waals surface area (Å²) in [5.74, 6) is 0.307. The van der Waals surface area contributed by atoms with E-state index in [9.17, 15) is 4.39 Å². The topological polar surface area (TPSA) is 25.2 Å². The third-order valence-electron chi connectivity index (χ3n) is 3.35. The second kappa shape index (κ2) is 5.10. The first-order valence-electron chi connectivity index (χ1n) is 6.61. The van der Waals surface area contributed by atoms with Crippen molar-refractivity contribution in [1.29, 1.82) is 0 Å². The van der Waals surface area contributed by atoms with E-state index in [-0.39, 0.29) is 5.82 Å². The van der Waals surface area contributed by atoms with E-state index in [0.717, 1.165) is 22.1 Å². The van der Waals surface area contributed by atoms with Crippen LogP contribution in [0.15, 0.2) is 46.9 Å². The normalized spacial score (nSPS) is 11.2. The number of halogens is 1. The molecule has 3 rings (SSSR count). The van der Waals surface area contributed by atoms with Gasteiger partial charge >= 0.3 is 0 Å². The van der Waals surface area contributed by atoms with Crippen LogP contribution in [-0.2, 0) is 6.54 Å². The maximum Gasteiger partial charge on any atom is 0.138 e. The SMILES string of the molecule is CNCc1ccc(F)c(-c2cc3cc(C)ccc3o2)c1. The van der Waals surface area contributed by atoms with Crippen molar-refractivity contribution in [2.75, 3.05) is 7.05 Å². The van der Waals surface area contributed by atoms with Crippen LogP contribution < -0.4 is 5.32 Å². The van der Waals surface area contributed by atoms with Crippen LogP contribution in [0.1, 0.15) is 11.1 Å². The summed E-state index contributed by atoms with van der Waals surface area (Å²) in [6.07, 6.45) is 0. The Hall–Kier alpha value is -2.13. The van der Waals surface area contributed by atoms with Crippen LogP contribution in [0.3, 0.4) is 0 Å². The van der Waals surface area contributed by atoms with Gasteiger partial charge in [0.05, 0.1) is 5.56 Å². The molecule has 0 spiro atoms. The molecule has 0 saturated heterocycles. The van der Waals surface area contributed by atoms with Crippen molar-refractivity contribution in [2.24, 2.45) is 0 Å². The first kappa shape index (κ1) is 12.9. The summed E-state index contributed by atoms with van der Waals surface area (Å²) >= 11 is 0. The Bertz CT molecular complexity index is 761. The van der Waals surface area contributed by atoms with Gasteiger partial charge in [0.2, 0.25) is 0 Å². The molecule has 1 N–H and O–H groups in total. The molecule has 0 aliphatic carbocycles. The molecule has 0 aliphatic rings. The first-order chi connectivity index (χ1) is 9.67. The maximum atomic E-state index is 14.0. The minimum Gasteiger partial charge on any atom is -0.456 e. The molecule has 20 heavy (non-hydrogen) atoms. The molecule has 0 unspecified atom stereocenters. The summed E-state index contributed by atoms with van der Waals surface area (Å²) in [5, 5.41) is 4.06. The van der Waals surface area contributed by atoms with Crippen LogP contribution in [0.5, 0.6) is 0 Å². The lowest BCUT2D eigenvalue weighted by atomic mass is 10.1. The van der Waals surface area contributed by atoms with E-state index in [0.29, 0.717) is 17.9 Å². The molecule has 1 heterocycles. The van der Waals surface area contributed by atoms with Crippen molar-refractivity contribution in [2.45, 2.75) is 13.5 Å². The fourth-order valence-corrected chi connectivity index (χ4v) is 2.37. The lowest BCUT2D eigenvalue weighted by Crippen LogP contribution is -2.05. The number of hydrogen-bond acceptors (Lipinski definition) is 2. The van der Waals surface area contributed by atoms with Gasteiger partial charge in [-0.15, -0.1) is 0 Å². The van der Waals surface area contributed by atoms with Gasteiger partial charge in [0.15, 0.2) is 0 Å². The molecule has 2 aromatic carbocycles. The molecule has 0 saturated carbocycles. The highest BCUT2D eigenvalue weighted by Gasteiger charge is 2.11. The molecule has 0 aliphatic heterocycles. The summed E-state index contributed by atoms with van der Waals surface area (Å²) in [6.45, 7) is 2.73. The van der Waals surface area contributed by atoms with Gasteiger partial charge in [-0.25, -0.2) is 4.39 Å². The highest BCUT2D eigenvalue weighted by molar-refractivity contribution is 5.83. The van der Waals surface area contributed by atoms with E-state index in [4.69, 9.17) is 4.42 Å². The molecule has 0 amide bonds. The second-order valence-corrected chi connectivity index (χ2v) is 5.00. The minimum absolute atomic E-state index is 0.263. The molecule has 1 aromatic heterocycles. The van der Waals surface area contributed by atoms with Gasteiger partial charge in [-0.1, -0.05) is 17.7 Å². The molecular weight excluding hydrogens is 253 g/mol. The number of nitrogens with one attached hydrogen (secondary N) is 1. The van der Waals surface area contributed by atoms with Gasteiger partial charge in [-0.2, -0.15) is 0 Å². The molecule has 0 radical (unpaired) electrons. The molecule has 0 fully saturated rings. The fraction of sp³-hybridized carbons (Fsp3) is 0.176. The lowest BCUT2D eigenvalue weighted by Gasteiger charge is -2.04. The van der Waals surface area contributed by atoms with Crippen molar-refractivity contribution in [3.8, 4) is 11.3 Å². The lowest BCUT2D eigenvalue weighted by molar-refractivity contribution is 0.600. The van der Waals surface area contributed by atoms with Crippen LogP contribution >= 0.6 is 0 Å². The van der Waals surface area contributed by atoms with E-state index < -0.39 is 0 Å². The van der Waals surface area contributed by atoms with E-state index in [1.807, 2.05) is 44.3 Å².